The van der Waals surface area contributed by atoms with E-state index in [0.29, 0.717) is 5.65 Å². The highest BCUT2D eigenvalue weighted by Gasteiger charge is 2.13. The Balaban J connectivity index is 1.92. The molecule has 0 saturated carbocycles. The quantitative estimate of drug-likeness (QED) is 0.627. The molecule has 23 heavy (non-hydrogen) atoms. The number of nitrogens with zero attached hydrogens (tertiary/aromatic N) is 3. The SMILES string of the molecule is COc1ccccc1-c1[nH]nc2ncc(-c3cccnc3)cc12. The third-order valence-electron chi connectivity index (χ3n) is 3.78. The maximum atomic E-state index is 5.45. The summed E-state index contributed by atoms with van der Waals surface area (Å²) in [5.74, 6) is 0.796. The summed E-state index contributed by atoms with van der Waals surface area (Å²) in [6.45, 7) is 0. The van der Waals surface area contributed by atoms with Crippen molar-refractivity contribution < 1.29 is 4.74 Å². The van der Waals surface area contributed by atoms with E-state index in [0.717, 1.165) is 33.5 Å². The Labute approximate surface area is 133 Å². The summed E-state index contributed by atoms with van der Waals surface area (Å²) >= 11 is 0. The maximum Gasteiger partial charge on any atom is 0.181 e. The van der Waals surface area contributed by atoms with Crippen LogP contribution in [0.5, 0.6) is 5.75 Å². The Bertz CT molecular complexity index is 963. The van der Waals surface area contributed by atoms with Crippen LogP contribution in [0.2, 0.25) is 0 Å². The average Bonchev–Trinajstić information content (AvgIpc) is 3.05. The standard InChI is InChI=1S/C18H14N4O/c1-23-16-7-3-2-6-14(16)17-15-9-13(11-20-18(15)22-21-17)12-5-4-8-19-10-12/h2-11H,1H3,(H,20,21,22). The Morgan fingerprint density at radius 3 is 2.74 bits per heavy atom. The van der Waals surface area contributed by atoms with E-state index in [1.54, 1.807) is 13.3 Å². The lowest BCUT2D eigenvalue weighted by molar-refractivity contribution is 0.416. The van der Waals surface area contributed by atoms with Crippen molar-refractivity contribution in [2.75, 3.05) is 7.11 Å². The lowest BCUT2D eigenvalue weighted by Gasteiger charge is -2.07. The van der Waals surface area contributed by atoms with Gasteiger partial charge in [0.05, 0.1) is 12.8 Å². The van der Waals surface area contributed by atoms with Gasteiger partial charge >= 0.3 is 0 Å². The molecule has 1 aromatic carbocycles. The fourth-order valence-corrected chi connectivity index (χ4v) is 2.65. The van der Waals surface area contributed by atoms with Crippen LogP contribution in [-0.4, -0.2) is 27.3 Å². The number of hydrogen-bond donors (Lipinski definition) is 1. The van der Waals surface area contributed by atoms with Gasteiger partial charge in [-0.1, -0.05) is 18.2 Å². The van der Waals surface area contributed by atoms with Crippen molar-refractivity contribution in [1.29, 1.82) is 0 Å². The Morgan fingerprint density at radius 1 is 1.00 bits per heavy atom. The zero-order valence-corrected chi connectivity index (χ0v) is 12.5. The molecule has 0 amide bonds. The predicted molar refractivity (Wildman–Crippen MR) is 89.1 cm³/mol. The highest BCUT2D eigenvalue weighted by Crippen LogP contribution is 2.34. The number of methoxy groups -OCH3 is 1. The van der Waals surface area contributed by atoms with Crippen LogP contribution < -0.4 is 4.74 Å². The third-order valence-corrected chi connectivity index (χ3v) is 3.78. The zero-order valence-electron chi connectivity index (χ0n) is 12.5. The van der Waals surface area contributed by atoms with Gasteiger partial charge < -0.3 is 4.74 Å². The summed E-state index contributed by atoms with van der Waals surface area (Å²) in [6.07, 6.45) is 5.39. The number of benzene rings is 1. The minimum atomic E-state index is 0.679. The molecule has 0 aliphatic carbocycles. The van der Waals surface area contributed by atoms with Crippen LogP contribution >= 0.6 is 0 Å². The molecule has 0 aliphatic rings. The van der Waals surface area contributed by atoms with E-state index >= 15 is 0 Å². The number of pyridine rings is 2. The van der Waals surface area contributed by atoms with Crippen LogP contribution in [0.3, 0.4) is 0 Å². The minimum absolute atomic E-state index is 0.679. The second kappa shape index (κ2) is 5.53. The summed E-state index contributed by atoms with van der Waals surface area (Å²) < 4.78 is 5.45. The Kier molecular flexibility index (Phi) is 3.24. The molecule has 0 atom stereocenters. The fraction of sp³-hybridized carbons (Fsp3) is 0.0556. The Hall–Kier alpha value is -3.21. The monoisotopic (exact) mass is 302 g/mol. The fourth-order valence-electron chi connectivity index (χ4n) is 2.65. The summed E-state index contributed by atoms with van der Waals surface area (Å²) in [5, 5.41) is 8.33. The lowest BCUT2D eigenvalue weighted by atomic mass is 10.0. The minimum Gasteiger partial charge on any atom is -0.496 e. The first-order chi connectivity index (χ1) is 11.4. The van der Waals surface area contributed by atoms with Crippen molar-refractivity contribution in [3.05, 3.63) is 61.1 Å². The predicted octanol–water partition coefficient (Wildman–Crippen LogP) is 3.70. The van der Waals surface area contributed by atoms with Crippen molar-refractivity contribution in [2.24, 2.45) is 0 Å². The molecule has 0 radical (unpaired) electrons. The largest absolute Gasteiger partial charge is 0.496 e. The van der Waals surface area contributed by atoms with Gasteiger partial charge in [0.15, 0.2) is 5.65 Å². The molecule has 0 aliphatic heterocycles. The molecule has 4 rings (SSSR count). The van der Waals surface area contributed by atoms with Crippen LogP contribution in [0.15, 0.2) is 61.1 Å². The number of para-hydroxylation sites is 1. The molecule has 4 aromatic rings. The van der Waals surface area contributed by atoms with Crippen molar-refractivity contribution in [3.8, 4) is 28.1 Å². The second-order valence-electron chi connectivity index (χ2n) is 5.14. The normalized spacial score (nSPS) is 10.8. The van der Waals surface area contributed by atoms with Crippen molar-refractivity contribution in [2.45, 2.75) is 0 Å². The zero-order chi connectivity index (χ0) is 15.6. The van der Waals surface area contributed by atoms with Crippen molar-refractivity contribution >= 4 is 11.0 Å². The van der Waals surface area contributed by atoms with Gasteiger partial charge in [-0.3, -0.25) is 10.1 Å². The number of hydrogen-bond acceptors (Lipinski definition) is 4. The lowest BCUT2D eigenvalue weighted by Crippen LogP contribution is -1.88. The first kappa shape index (κ1) is 13.5. The highest BCUT2D eigenvalue weighted by molar-refractivity contribution is 5.94. The highest BCUT2D eigenvalue weighted by atomic mass is 16.5. The molecular weight excluding hydrogens is 288 g/mol. The molecule has 0 bridgehead atoms. The van der Waals surface area contributed by atoms with Gasteiger partial charge in [-0.05, 0) is 24.3 Å². The van der Waals surface area contributed by atoms with Crippen LogP contribution in [0.25, 0.3) is 33.4 Å². The Morgan fingerprint density at radius 2 is 1.91 bits per heavy atom. The van der Waals surface area contributed by atoms with E-state index < -0.39 is 0 Å². The van der Waals surface area contributed by atoms with Gasteiger partial charge in [0, 0.05) is 40.7 Å². The molecule has 1 N–H and O–H groups in total. The van der Waals surface area contributed by atoms with Crippen LogP contribution in [0.4, 0.5) is 0 Å². The van der Waals surface area contributed by atoms with E-state index in [-0.39, 0.29) is 0 Å². The molecule has 0 unspecified atom stereocenters. The number of ether oxygens (including phenoxy) is 1. The molecule has 0 fully saturated rings. The van der Waals surface area contributed by atoms with Gasteiger partial charge in [-0.25, -0.2) is 4.98 Å². The summed E-state index contributed by atoms with van der Waals surface area (Å²) in [5.41, 5.74) is 4.56. The summed E-state index contributed by atoms with van der Waals surface area (Å²) in [6, 6.07) is 13.9. The van der Waals surface area contributed by atoms with E-state index in [9.17, 15) is 0 Å². The van der Waals surface area contributed by atoms with Gasteiger partial charge in [0.25, 0.3) is 0 Å². The van der Waals surface area contributed by atoms with E-state index in [4.69, 9.17) is 4.74 Å². The number of fused-ring (bicyclic) bond motifs is 1. The number of aromatic nitrogens is 4. The van der Waals surface area contributed by atoms with Crippen molar-refractivity contribution in [1.82, 2.24) is 20.2 Å². The first-order valence-corrected chi connectivity index (χ1v) is 7.25. The maximum absolute atomic E-state index is 5.45. The number of aromatic amines is 1. The van der Waals surface area contributed by atoms with E-state index in [1.807, 2.05) is 48.8 Å². The van der Waals surface area contributed by atoms with Gasteiger partial charge in [-0.2, -0.15) is 5.10 Å². The average molecular weight is 302 g/mol. The molecule has 5 heteroatoms. The number of nitrogens with one attached hydrogen (secondary N) is 1. The smallest absolute Gasteiger partial charge is 0.181 e. The van der Waals surface area contributed by atoms with Gasteiger partial charge in [0.2, 0.25) is 0 Å². The van der Waals surface area contributed by atoms with E-state index in [2.05, 4.69) is 26.2 Å². The van der Waals surface area contributed by atoms with Gasteiger partial charge in [0.1, 0.15) is 5.75 Å². The van der Waals surface area contributed by atoms with Crippen LogP contribution in [0.1, 0.15) is 0 Å². The molecule has 112 valence electrons. The molecule has 3 heterocycles. The van der Waals surface area contributed by atoms with Gasteiger partial charge in [-0.15, -0.1) is 0 Å². The number of rotatable bonds is 3. The molecule has 3 aromatic heterocycles. The molecule has 0 saturated heterocycles. The molecule has 0 spiro atoms. The summed E-state index contributed by atoms with van der Waals surface area (Å²) in [7, 11) is 1.66. The second-order valence-corrected chi connectivity index (χ2v) is 5.14. The molecular formula is C18H14N4O. The van der Waals surface area contributed by atoms with Crippen LogP contribution in [0, 0.1) is 0 Å². The van der Waals surface area contributed by atoms with E-state index in [1.165, 1.54) is 0 Å². The van der Waals surface area contributed by atoms with Crippen LogP contribution in [-0.2, 0) is 0 Å². The summed E-state index contributed by atoms with van der Waals surface area (Å²) in [4.78, 5) is 8.61. The van der Waals surface area contributed by atoms with Crippen molar-refractivity contribution in [3.63, 3.8) is 0 Å². The topological polar surface area (TPSA) is 63.7 Å². The third kappa shape index (κ3) is 2.32. The molecule has 5 nitrogen and oxygen atoms in total. The first-order valence-electron chi connectivity index (χ1n) is 7.25. The number of H-pyrrole nitrogens is 1.